The van der Waals surface area contributed by atoms with Crippen molar-refractivity contribution in [2.75, 3.05) is 0 Å². The monoisotopic (exact) mass is 522 g/mol. The second-order valence-electron chi connectivity index (χ2n) is 10.5. The maximum absolute atomic E-state index is 14.0. The quantitative estimate of drug-likeness (QED) is 0.157. The molecule has 4 aromatic carbocycles. The van der Waals surface area contributed by atoms with E-state index in [2.05, 4.69) is 0 Å². The summed E-state index contributed by atoms with van der Waals surface area (Å²) in [6.07, 6.45) is 1.01. The zero-order valence-electron chi connectivity index (χ0n) is 20.1. The molecule has 2 atom stereocenters. The van der Waals surface area contributed by atoms with E-state index in [0.29, 0.717) is 32.8 Å². The van der Waals surface area contributed by atoms with Crippen LogP contribution in [-0.4, -0.2) is 47.3 Å². The Morgan fingerprint density at radius 3 is 2.03 bits per heavy atom. The van der Waals surface area contributed by atoms with Gasteiger partial charge in [-0.1, -0.05) is 0 Å². The van der Waals surface area contributed by atoms with Crippen LogP contribution in [-0.2, 0) is 6.61 Å². The average molecular weight is 522 g/mol. The fourth-order valence-corrected chi connectivity index (χ4v) is 7.49. The van der Waals surface area contributed by atoms with Crippen LogP contribution in [0.15, 0.2) is 41.4 Å². The third-order valence-corrected chi connectivity index (χ3v) is 8.75. The molecule has 0 spiro atoms. The van der Waals surface area contributed by atoms with E-state index >= 15 is 0 Å². The Labute approximate surface area is 218 Å². The van der Waals surface area contributed by atoms with E-state index in [1.807, 2.05) is 0 Å². The van der Waals surface area contributed by atoms with Crippen LogP contribution in [0.2, 0.25) is 0 Å². The van der Waals surface area contributed by atoms with Gasteiger partial charge in [0.25, 0.3) is 0 Å². The molecule has 0 saturated carbocycles. The Morgan fingerprint density at radius 1 is 0.641 bits per heavy atom. The van der Waals surface area contributed by atoms with Crippen LogP contribution < -0.4 is 0 Å². The SMILES string of the molecule is Cc1cc(O)c2c3c4c5c6c(c(O)cc(CO)c6c13)C(=O)C1=C(O)C=C(O)C(c3c(O)cc(O)c(c3-4)C2=O)C15. The number of carbonyl (C=O) groups excluding carboxylic acids is 2. The summed E-state index contributed by atoms with van der Waals surface area (Å²) in [5, 5.41) is 77.9. The van der Waals surface area contributed by atoms with Crippen molar-refractivity contribution in [3.63, 3.8) is 0 Å². The van der Waals surface area contributed by atoms with Gasteiger partial charge in [-0.25, -0.2) is 0 Å². The number of phenols is 4. The van der Waals surface area contributed by atoms with E-state index < -0.39 is 53.0 Å². The van der Waals surface area contributed by atoms with E-state index in [4.69, 9.17) is 0 Å². The number of Topliss-reactive ketones (excluding diaryl/α,β-unsaturated/α-hetero) is 1. The van der Waals surface area contributed by atoms with Gasteiger partial charge in [0, 0.05) is 40.0 Å². The number of ketones is 2. The fourth-order valence-electron chi connectivity index (χ4n) is 7.49. The summed E-state index contributed by atoms with van der Waals surface area (Å²) in [5.41, 5.74) is 1.26. The highest BCUT2D eigenvalue weighted by atomic mass is 16.3. The molecule has 4 aromatic rings. The van der Waals surface area contributed by atoms with Crippen LogP contribution in [0.25, 0.3) is 32.7 Å². The van der Waals surface area contributed by atoms with Gasteiger partial charge >= 0.3 is 0 Å². The first kappa shape index (κ1) is 22.0. The van der Waals surface area contributed by atoms with Crippen molar-refractivity contribution in [3.8, 4) is 34.1 Å². The molecule has 9 heteroatoms. The smallest absolute Gasteiger partial charge is 0.201 e. The molecular weight excluding hydrogens is 504 g/mol. The molecule has 0 fully saturated rings. The number of aromatic hydroxyl groups is 4. The van der Waals surface area contributed by atoms with Crippen LogP contribution in [0.4, 0.5) is 0 Å². The number of hydrogen-bond donors (Lipinski definition) is 7. The highest BCUT2D eigenvalue weighted by Crippen LogP contribution is 2.66. The summed E-state index contributed by atoms with van der Waals surface area (Å²) in [4.78, 5) is 27.9. The second-order valence-corrected chi connectivity index (χ2v) is 10.5. The Bertz CT molecular complexity index is 2060. The highest BCUT2D eigenvalue weighted by molar-refractivity contribution is 6.37. The molecule has 9 nitrogen and oxygen atoms in total. The first-order valence-electron chi connectivity index (χ1n) is 12.2. The third-order valence-electron chi connectivity index (χ3n) is 8.75. The van der Waals surface area contributed by atoms with E-state index in [1.165, 1.54) is 12.1 Å². The molecule has 0 amide bonds. The number of carbonyl (C=O) groups is 2. The molecule has 39 heavy (non-hydrogen) atoms. The maximum Gasteiger partial charge on any atom is 0.201 e. The molecule has 0 bridgehead atoms. The minimum absolute atomic E-state index is 0.0950. The second kappa shape index (κ2) is 6.51. The van der Waals surface area contributed by atoms with Crippen molar-refractivity contribution in [2.45, 2.75) is 25.4 Å². The lowest BCUT2D eigenvalue weighted by Crippen LogP contribution is -2.33. The number of fused-ring (bicyclic) bond motifs is 2. The van der Waals surface area contributed by atoms with Gasteiger partial charge in [-0.3, -0.25) is 9.59 Å². The molecule has 0 saturated heterocycles. The van der Waals surface area contributed by atoms with E-state index in [-0.39, 0.29) is 55.8 Å². The average Bonchev–Trinajstić information content (AvgIpc) is 2.86. The van der Waals surface area contributed by atoms with E-state index in [9.17, 15) is 45.3 Å². The molecule has 0 aromatic heterocycles. The highest BCUT2D eigenvalue weighted by Gasteiger charge is 2.53. The Hall–Kier alpha value is -5.02. The van der Waals surface area contributed by atoms with Gasteiger partial charge in [0.15, 0.2) is 5.78 Å². The van der Waals surface area contributed by atoms with Crippen molar-refractivity contribution in [1.29, 1.82) is 0 Å². The number of phenolic OH excluding ortho intramolecular Hbond substituents is 4. The number of aryl methyl sites for hydroxylation is 1. The van der Waals surface area contributed by atoms with Gasteiger partial charge in [-0.15, -0.1) is 0 Å². The lowest BCUT2D eigenvalue weighted by molar-refractivity contribution is 0.101. The van der Waals surface area contributed by atoms with Crippen LogP contribution in [0, 0.1) is 6.92 Å². The number of aliphatic hydroxyl groups excluding tert-OH is 3. The molecule has 4 aliphatic rings. The lowest BCUT2D eigenvalue weighted by atomic mass is 9.57. The normalized spacial score (nSPS) is 19.9. The summed E-state index contributed by atoms with van der Waals surface area (Å²) >= 11 is 0. The maximum atomic E-state index is 14.0. The Kier molecular flexibility index (Phi) is 3.67. The summed E-state index contributed by atoms with van der Waals surface area (Å²) in [5.74, 6) is -6.09. The number of allylic oxidation sites excluding steroid dienone is 3. The first-order chi connectivity index (χ1) is 18.6. The van der Waals surface area contributed by atoms with Gasteiger partial charge in [0.1, 0.15) is 34.5 Å². The zero-order valence-corrected chi connectivity index (χ0v) is 20.1. The molecule has 7 N–H and O–H groups in total. The first-order valence-corrected chi connectivity index (χ1v) is 12.2. The number of benzene rings is 4. The third kappa shape index (κ3) is 2.16. The predicted octanol–water partition coefficient (Wildman–Crippen LogP) is 4.47. The molecule has 0 heterocycles. The Morgan fingerprint density at radius 2 is 1.31 bits per heavy atom. The molecule has 4 aliphatic carbocycles. The summed E-state index contributed by atoms with van der Waals surface area (Å²) in [6.45, 7) is 1.18. The molecule has 8 rings (SSSR count). The fraction of sp³-hybridized carbons (Fsp3) is 0.133. The Balaban J connectivity index is 1.81. The standard InChI is InChI=1S/C30H18O9/c1-7-2-9(32)19-23-15(7)16-8(6-31)3-10(33)20-24(16)28-26-18(12(35)5-14(37)22(26)30(20)39)17-11(34)4-13(36)21(29(19)38)25(17)27(23)28/h2-5,18,26,31-37H,6H2,1H3. The number of aliphatic hydroxyl groups is 3. The summed E-state index contributed by atoms with van der Waals surface area (Å²) in [6, 6.07) is 3.65. The lowest BCUT2D eigenvalue weighted by Gasteiger charge is -2.44. The van der Waals surface area contributed by atoms with Crippen LogP contribution in [0.1, 0.15) is 60.4 Å². The molecule has 0 aliphatic heterocycles. The van der Waals surface area contributed by atoms with E-state index in [1.54, 1.807) is 6.92 Å². The summed E-state index contributed by atoms with van der Waals surface area (Å²) < 4.78 is 0. The minimum Gasteiger partial charge on any atom is -0.511 e. The van der Waals surface area contributed by atoms with Gasteiger partial charge in [0.05, 0.1) is 34.8 Å². The van der Waals surface area contributed by atoms with Crippen molar-refractivity contribution < 1.29 is 45.3 Å². The van der Waals surface area contributed by atoms with Gasteiger partial charge in [0.2, 0.25) is 5.78 Å². The predicted molar refractivity (Wildman–Crippen MR) is 138 cm³/mol. The molecule has 2 unspecified atom stereocenters. The largest absolute Gasteiger partial charge is 0.511 e. The van der Waals surface area contributed by atoms with Crippen LogP contribution >= 0.6 is 0 Å². The minimum atomic E-state index is -1.11. The van der Waals surface area contributed by atoms with Crippen LogP contribution in [0.3, 0.4) is 0 Å². The van der Waals surface area contributed by atoms with Crippen molar-refractivity contribution in [1.82, 2.24) is 0 Å². The van der Waals surface area contributed by atoms with Gasteiger partial charge < -0.3 is 35.7 Å². The molecule has 192 valence electrons. The van der Waals surface area contributed by atoms with Crippen molar-refractivity contribution in [3.05, 3.63) is 80.3 Å². The van der Waals surface area contributed by atoms with Crippen LogP contribution in [0.5, 0.6) is 23.0 Å². The topological polar surface area (TPSA) is 176 Å². The zero-order chi connectivity index (χ0) is 27.4. The van der Waals surface area contributed by atoms with Gasteiger partial charge in [-0.05, 0) is 52.1 Å². The van der Waals surface area contributed by atoms with E-state index in [0.717, 1.165) is 12.1 Å². The number of hydrogen-bond acceptors (Lipinski definition) is 9. The van der Waals surface area contributed by atoms with Crippen molar-refractivity contribution in [2.24, 2.45) is 0 Å². The molecular formula is C30H18O9. The summed E-state index contributed by atoms with van der Waals surface area (Å²) in [7, 11) is 0. The molecule has 0 radical (unpaired) electrons. The number of rotatable bonds is 1. The van der Waals surface area contributed by atoms with Crippen molar-refractivity contribution >= 4 is 33.1 Å². The van der Waals surface area contributed by atoms with Gasteiger partial charge in [-0.2, -0.15) is 0 Å².